The Balaban J connectivity index is 1.76. The zero-order valence-corrected chi connectivity index (χ0v) is 11.2. The van der Waals surface area contributed by atoms with Crippen LogP contribution in [0.4, 0.5) is 0 Å². The molecule has 2 fully saturated rings. The van der Waals surface area contributed by atoms with Crippen LogP contribution in [0.1, 0.15) is 37.0 Å². The SMILES string of the molecule is Brc1ccsc1CN1C2CCCC1CC2. The fraction of sp³-hybridized carbons (Fsp3) is 0.667. The van der Waals surface area contributed by atoms with Crippen molar-refractivity contribution in [2.45, 2.75) is 50.7 Å². The minimum absolute atomic E-state index is 0.887. The van der Waals surface area contributed by atoms with Crippen LogP contribution in [-0.4, -0.2) is 17.0 Å². The molecule has 82 valence electrons. The smallest absolute Gasteiger partial charge is 0.0345 e. The van der Waals surface area contributed by atoms with Crippen molar-refractivity contribution in [2.75, 3.05) is 0 Å². The highest BCUT2D eigenvalue weighted by molar-refractivity contribution is 9.10. The maximum Gasteiger partial charge on any atom is 0.0345 e. The van der Waals surface area contributed by atoms with E-state index in [2.05, 4.69) is 32.3 Å². The molecule has 2 bridgehead atoms. The Morgan fingerprint density at radius 2 is 2.00 bits per heavy atom. The molecule has 0 aliphatic carbocycles. The fourth-order valence-corrected chi connectivity index (χ4v) is 4.57. The molecule has 1 aromatic rings. The van der Waals surface area contributed by atoms with Gasteiger partial charge in [0.2, 0.25) is 0 Å². The molecular formula is C12H16BrNS. The van der Waals surface area contributed by atoms with Crippen LogP contribution in [0.2, 0.25) is 0 Å². The van der Waals surface area contributed by atoms with E-state index in [1.165, 1.54) is 48.0 Å². The van der Waals surface area contributed by atoms with E-state index in [0.717, 1.165) is 12.1 Å². The molecule has 2 aliphatic rings. The van der Waals surface area contributed by atoms with Gasteiger partial charge in [0.25, 0.3) is 0 Å². The molecule has 0 saturated carbocycles. The summed E-state index contributed by atoms with van der Waals surface area (Å²) in [4.78, 5) is 4.26. The van der Waals surface area contributed by atoms with Gasteiger partial charge in [-0.15, -0.1) is 11.3 Å². The van der Waals surface area contributed by atoms with Gasteiger partial charge in [0.1, 0.15) is 0 Å². The van der Waals surface area contributed by atoms with Gasteiger partial charge in [0, 0.05) is 28.0 Å². The molecule has 15 heavy (non-hydrogen) atoms. The lowest BCUT2D eigenvalue weighted by atomic mass is 10.0. The minimum Gasteiger partial charge on any atom is -0.292 e. The second-order valence-electron chi connectivity index (χ2n) is 4.68. The van der Waals surface area contributed by atoms with Crippen molar-refractivity contribution in [3.05, 3.63) is 20.8 Å². The van der Waals surface area contributed by atoms with Crippen molar-refractivity contribution in [2.24, 2.45) is 0 Å². The summed E-state index contributed by atoms with van der Waals surface area (Å²) in [7, 11) is 0. The molecule has 3 heteroatoms. The number of hydrogen-bond acceptors (Lipinski definition) is 2. The lowest BCUT2D eigenvalue weighted by Gasteiger charge is -2.34. The van der Waals surface area contributed by atoms with Gasteiger partial charge in [-0.1, -0.05) is 6.42 Å². The van der Waals surface area contributed by atoms with Crippen molar-refractivity contribution in [3.8, 4) is 0 Å². The first kappa shape index (κ1) is 10.3. The van der Waals surface area contributed by atoms with E-state index in [0.29, 0.717) is 0 Å². The van der Waals surface area contributed by atoms with Crippen molar-refractivity contribution < 1.29 is 0 Å². The largest absolute Gasteiger partial charge is 0.292 e. The number of piperidine rings is 1. The Labute approximate surface area is 104 Å². The number of halogens is 1. The van der Waals surface area contributed by atoms with Crippen LogP contribution >= 0.6 is 27.3 Å². The van der Waals surface area contributed by atoms with E-state index in [4.69, 9.17) is 0 Å². The highest BCUT2D eigenvalue weighted by Gasteiger charge is 2.36. The van der Waals surface area contributed by atoms with Gasteiger partial charge in [-0.25, -0.2) is 0 Å². The van der Waals surface area contributed by atoms with Crippen LogP contribution in [0.5, 0.6) is 0 Å². The maximum absolute atomic E-state index is 3.64. The molecule has 2 aliphatic heterocycles. The van der Waals surface area contributed by atoms with Crippen molar-refractivity contribution in [1.29, 1.82) is 0 Å². The van der Waals surface area contributed by atoms with Crippen LogP contribution < -0.4 is 0 Å². The molecule has 3 rings (SSSR count). The summed E-state index contributed by atoms with van der Waals surface area (Å²) in [5.74, 6) is 0. The molecule has 2 saturated heterocycles. The van der Waals surface area contributed by atoms with Crippen LogP contribution in [-0.2, 0) is 6.54 Å². The topological polar surface area (TPSA) is 3.24 Å². The highest BCUT2D eigenvalue weighted by Crippen LogP contribution is 2.38. The number of thiophene rings is 1. The first-order valence-corrected chi connectivity index (χ1v) is 7.49. The Morgan fingerprint density at radius 3 is 2.60 bits per heavy atom. The molecule has 0 radical (unpaired) electrons. The summed E-state index contributed by atoms with van der Waals surface area (Å²) < 4.78 is 1.30. The van der Waals surface area contributed by atoms with Gasteiger partial charge in [0.05, 0.1) is 0 Å². The number of rotatable bonds is 2. The first-order valence-electron chi connectivity index (χ1n) is 5.82. The third-order valence-corrected chi connectivity index (χ3v) is 5.77. The monoisotopic (exact) mass is 285 g/mol. The third-order valence-electron chi connectivity index (χ3n) is 3.86. The molecule has 2 atom stereocenters. The molecule has 1 nitrogen and oxygen atoms in total. The summed E-state index contributed by atoms with van der Waals surface area (Å²) in [5, 5.41) is 2.19. The van der Waals surface area contributed by atoms with Crippen LogP contribution in [0.3, 0.4) is 0 Å². The zero-order chi connectivity index (χ0) is 10.3. The Morgan fingerprint density at radius 1 is 1.27 bits per heavy atom. The summed E-state index contributed by atoms with van der Waals surface area (Å²) in [6, 6.07) is 3.95. The highest BCUT2D eigenvalue weighted by atomic mass is 79.9. The van der Waals surface area contributed by atoms with Gasteiger partial charge < -0.3 is 0 Å². The predicted molar refractivity (Wildman–Crippen MR) is 68.2 cm³/mol. The van der Waals surface area contributed by atoms with Gasteiger partial charge in [-0.05, 0) is 53.1 Å². The number of fused-ring (bicyclic) bond motifs is 2. The quantitative estimate of drug-likeness (QED) is 0.793. The summed E-state index contributed by atoms with van der Waals surface area (Å²) in [5.41, 5.74) is 0. The van der Waals surface area contributed by atoms with E-state index in [9.17, 15) is 0 Å². The van der Waals surface area contributed by atoms with E-state index < -0.39 is 0 Å². The van der Waals surface area contributed by atoms with Gasteiger partial charge in [-0.2, -0.15) is 0 Å². The van der Waals surface area contributed by atoms with Gasteiger partial charge in [-0.3, -0.25) is 4.90 Å². The molecule has 0 N–H and O–H groups in total. The first-order chi connectivity index (χ1) is 7.34. The van der Waals surface area contributed by atoms with E-state index >= 15 is 0 Å². The zero-order valence-electron chi connectivity index (χ0n) is 8.79. The standard InChI is InChI=1S/C12H16BrNS/c13-11-6-7-15-12(11)8-14-9-2-1-3-10(14)5-4-9/h6-7,9-10H,1-5,8H2. The molecule has 0 amide bonds. The van der Waals surface area contributed by atoms with E-state index in [1.807, 2.05) is 11.3 Å². The van der Waals surface area contributed by atoms with Crippen molar-refractivity contribution in [3.63, 3.8) is 0 Å². The molecular weight excluding hydrogens is 270 g/mol. The molecule has 1 aromatic heterocycles. The number of nitrogens with zero attached hydrogens (tertiary/aromatic N) is 1. The fourth-order valence-electron chi connectivity index (χ4n) is 3.09. The normalized spacial score (nSPS) is 31.0. The van der Waals surface area contributed by atoms with Crippen molar-refractivity contribution in [1.82, 2.24) is 4.90 Å². The Bertz CT molecular complexity index is 333. The summed E-state index contributed by atoms with van der Waals surface area (Å²) in [6.07, 6.45) is 7.19. The Kier molecular flexibility index (Phi) is 2.88. The van der Waals surface area contributed by atoms with Crippen molar-refractivity contribution >= 4 is 27.3 Å². The second-order valence-corrected chi connectivity index (χ2v) is 6.53. The second kappa shape index (κ2) is 4.19. The van der Waals surface area contributed by atoms with Gasteiger partial charge >= 0.3 is 0 Å². The average molecular weight is 286 g/mol. The Hall–Kier alpha value is 0.140. The lowest BCUT2D eigenvalue weighted by molar-refractivity contribution is 0.133. The summed E-state index contributed by atoms with van der Waals surface area (Å²) >= 11 is 5.52. The molecule has 0 aromatic carbocycles. The summed E-state index contributed by atoms with van der Waals surface area (Å²) in [6.45, 7) is 1.17. The molecule has 3 heterocycles. The predicted octanol–water partition coefficient (Wildman–Crippen LogP) is 4.03. The molecule has 2 unspecified atom stereocenters. The maximum atomic E-state index is 3.64. The lowest BCUT2D eigenvalue weighted by Crippen LogP contribution is -2.38. The van der Waals surface area contributed by atoms with Crippen LogP contribution in [0.15, 0.2) is 15.9 Å². The van der Waals surface area contributed by atoms with Crippen LogP contribution in [0, 0.1) is 0 Å². The minimum atomic E-state index is 0.887. The van der Waals surface area contributed by atoms with E-state index in [1.54, 1.807) is 0 Å². The molecule has 0 spiro atoms. The van der Waals surface area contributed by atoms with E-state index in [-0.39, 0.29) is 0 Å². The van der Waals surface area contributed by atoms with Gasteiger partial charge in [0.15, 0.2) is 0 Å². The average Bonchev–Trinajstić information content (AvgIpc) is 2.71. The third kappa shape index (κ3) is 1.90. The van der Waals surface area contributed by atoms with Crippen LogP contribution in [0.25, 0.3) is 0 Å². The number of hydrogen-bond donors (Lipinski definition) is 0.